The number of Topliss-reactive ketones (excluding diaryl/α,β-unsaturated/α-hetero) is 1. The zero-order valence-electron chi connectivity index (χ0n) is 13.8. The number of carboxylic acids is 1. The van der Waals surface area contributed by atoms with E-state index in [1.807, 2.05) is 0 Å². The van der Waals surface area contributed by atoms with Crippen LogP contribution in [0, 0.1) is 0 Å². The molecule has 1 aliphatic rings. The number of ketones is 1. The summed E-state index contributed by atoms with van der Waals surface area (Å²) in [6.07, 6.45) is -0.539. The van der Waals surface area contributed by atoms with Crippen molar-refractivity contribution in [2.24, 2.45) is 0 Å². The SMILES string of the molecule is COc1ccc(C(C)=O)cc1CC(=O)N1CCOC(CC(=O)O)C1. The van der Waals surface area contributed by atoms with Crippen LogP contribution < -0.4 is 4.74 Å². The summed E-state index contributed by atoms with van der Waals surface area (Å²) in [5, 5.41) is 8.84. The standard InChI is InChI=1S/C17H21NO6/c1-11(19)12-3-4-15(23-2)13(7-12)8-16(20)18-5-6-24-14(10-18)9-17(21)22/h3-4,7,14H,5-6,8-10H2,1-2H3,(H,21,22). The number of hydrogen-bond donors (Lipinski definition) is 1. The van der Waals surface area contributed by atoms with Crippen molar-refractivity contribution in [2.75, 3.05) is 26.8 Å². The molecule has 0 radical (unpaired) electrons. The first kappa shape index (κ1) is 17.9. The second-order valence-electron chi connectivity index (χ2n) is 5.69. The van der Waals surface area contributed by atoms with Crippen LogP contribution in [0.2, 0.25) is 0 Å². The van der Waals surface area contributed by atoms with Crippen LogP contribution in [0.25, 0.3) is 0 Å². The predicted molar refractivity (Wildman–Crippen MR) is 85.3 cm³/mol. The molecule has 2 rings (SSSR count). The third kappa shape index (κ3) is 4.55. The minimum absolute atomic E-state index is 0.0840. The van der Waals surface area contributed by atoms with Gasteiger partial charge in [-0.3, -0.25) is 14.4 Å². The van der Waals surface area contributed by atoms with E-state index < -0.39 is 12.1 Å². The molecule has 1 N–H and O–H groups in total. The molecule has 7 nitrogen and oxygen atoms in total. The monoisotopic (exact) mass is 335 g/mol. The second kappa shape index (κ2) is 7.92. The van der Waals surface area contributed by atoms with Gasteiger partial charge in [0.05, 0.1) is 32.7 Å². The first-order valence-corrected chi connectivity index (χ1v) is 7.69. The summed E-state index contributed by atoms with van der Waals surface area (Å²) in [4.78, 5) is 36.4. The van der Waals surface area contributed by atoms with Gasteiger partial charge in [-0.1, -0.05) is 0 Å². The third-order valence-corrected chi connectivity index (χ3v) is 3.92. The number of methoxy groups -OCH3 is 1. The molecule has 0 aromatic heterocycles. The summed E-state index contributed by atoms with van der Waals surface area (Å²) in [6, 6.07) is 4.99. The third-order valence-electron chi connectivity index (χ3n) is 3.92. The Hall–Kier alpha value is -2.41. The summed E-state index contributed by atoms with van der Waals surface area (Å²) >= 11 is 0. The van der Waals surface area contributed by atoms with Gasteiger partial charge in [0.25, 0.3) is 0 Å². The average Bonchev–Trinajstić information content (AvgIpc) is 2.54. The maximum absolute atomic E-state index is 12.5. The molecule has 0 saturated carbocycles. The number of carbonyl (C=O) groups excluding carboxylic acids is 2. The fourth-order valence-corrected chi connectivity index (χ4v) is 2.67. The summed E-state index contributed by atoms with van der Waals surface area (Å²) in [7, 11) is 1.51. The number of rotatable bonds is 6. The van der Waals surface area contributed by atoms with Gasteiger partial charge in [-0.25, -0.2) is 0 Å². The van der Waals surface area contributed by atoms with Crippen molar-refractivity contribution in [3.63, 3.8) is 0 Å². The van der Waals surface area contributed by atoms with E-state index in [1.165, 1.54) is 14.0 Å². The number of nitrogens with zero attached hydrogens (tertiary/aromatic N) is 1. The summed E-state index contributed by atoms with van der Waals surface area (Å²) < 4.78 is 10.6. The molecule has 1 saturated heterocycles. The molecule has 1 heterocycles. The van der Waals surface area contributed by atoms with Crippen LogP contribution >= 0.6 is 0 Å². The summed E-state index contributed by atoms with van der Waals surface area (Å²) in [5.41, 5.74) is 1.15. The lowest BCUT2D eigenvalue weighted by Crippen LogP contribution is -2.46. The largest absolute Gasteiger partial charge is 0.496 e. The number of benzene rings is 1. The van der Waals surface area contributed by atoms with Crippen LogP contribution in [0.15, 0.2) is 18.2 Å². The van der Waals surface area contributed by atoms with Crippen LogP contribution in [0.1, 0.15) is 29.3 Å². The second-order valence-corrected chi connectivity index (χ2v) is 5.69. The Labute approximate surface area is 140 Å². The highest BCUT2D eigenvalue weighted by molar-refractivity contribution is 5.94. The molecule has 0 bridgehead atoms. The lowest BCUT2D eigenvalue weighted by molar-refractivity contribution is -0.147. The van der Waals surface area contributed by atoms with Crippen LogP contribution in [-0.2, 0) is 20.7 Å². The highest BCUT2D eigenvalue weighted by atomic mass is 16.5. The molecule has 1 aromatic rings. The quantitative estimate of drug-likeness (QED) is 0.784. The number of morpholine rings is 1. The number of carboxylic acid groups (broad SMARTS) is 1. The molecule has 24 heavy (non-hydrogen) atoms. The molecular weight excluding hydrogens is 314 g/mol. The van der Waals surface area contributed by atoms with Crippen molar-refractivity contribution in [1.29, 1.82) is 0 Å². The number of hydrogen-bond acceptors (Lipinski definition) is 5. The Kier molecular flexibility index (Phi) is 5.92. The first-order chi connectivity index (χ1) is 11.4. The molecule has 1 amide bonds. The van der Waals surface area contributed by atoms with Gasteiger partial charge in [0.1, 0.15) is 5.75 Å². The van der Waals surface area contributed by atoms with Crippen LogP contribution in [0.3, 0.4) is 0 Å². The average molecular weight is 335 g/mol. The van der Waals surface area contributed by atoms with Crippen LogP contribution in [0.4, 0.5) is 0 Å². The summed E-state index contributed by atoms with van der Waals surface area (Å²) in [5.74, 6) is -0.638. The van der Waals surface area contributed by atoms with Gasteiger partial charge in [0.2, 0.25) is 5.91 Å². The number of ether oxygens (including phenoxy) is 2. The first-order valence-electron chi connectivity index (χ1n) is 7.69. The highest BCUT2D eigenvalue weighted by Crippen LogP contribution is 2.22. The van der Waals surface area contributed by atoms with Crippen molar-refractivity contribution < 1.29 is 29.0 Å². The smallest absolute Gasteiger partial charge is 0.306 e. The van der Waals surface area contributed by atoms with Gasteiger partial charge in [-0.2, -0.15) is 0 Å². The number of aliphatic carboxylic acids is 1. The molecule has 0 spiro atoms. The molecule has 1 atom stereocenters. The predicted octanol–water partition coefficient (Wildman–Crippen LogP) is 1.14. The zero-order chi connectivity index (χ0) is 17.7. The fourth-order valence-electron chi connectivity index (χ4n) is 2.67. The minimum atomic E-state index is -0.954. The Morgan fingerprint density at radius 2 is 2.12 bits per heavy atom. The lowest BCUT2D eigenvalue weighted by Gasteiger charge is -2.32. The molecule has 1 aromatic carbocycles. The van der Waals surface area contributed by atoms with Gasteiger partial charge >= 0.3 is 5.97 Å². The Balaban J connectivity index is 2.09. The van der Waals surface area contributed by atoms with Crippen LogP contribution in [-0.4, -0.2) is 60.6 Å². The minimum Gasteiger partial charge on any atom is -0.496 e. The fraction of sp³-hybridized carbons (Fsp3) is 0.471. The van der Waals surface area contributed by atoms with Gasteiger partial charge in [0, 0.05) is 24.2 Å². The number of carbonyl (C=O) groups is 3. The Morgan fingerprint density at radius 1 is 1.38 bits per heavy atom. The van der Waals surface area contributed by atoms with Gasteiger partial charge in [-0.05, 0) is 25.1 Å². The van der Waals surface area contributed by atoms with E-state index in [9.17, 15) is 14.4 Å². The maximum Gasteiger partial charge on any atom is 0.306 e. The van der Waals surface area contributed by atoms with E-state index in [-0.39, 0.29) is 31.1 Å². The molecular formula is C17H21NO6. The van der Waals surface area contributed by atoms with Crippen molar-refractivity contribution in [1.82, 2.24) is 4.90 Å². The van der Waals surface area contributed by atoms with E-state index >= 15 is 0 Å². The Morgan fingerprint density at radius 3 is 2.75 bits per heavy atom. The molecule has 1 unspecified atom stereocenters. The molecule has 1 aliphatic heterocycles. The van der Waals surface area contributed by atoms with E-state index in [0.29, 0.717) is 30.0 Å². The van der Waals surface area contributed by atoms with E-state index in [1.54, 1.807) is 23.1 Å². The van der Waals surface area contributed by atoms with Gasteiger partial charge in [0.15, 0.2) is 5.78 Å². The molecule has 1 fully saturated rings. The number of amides is 1. The van der Waals surface area contributed by atoms with Crippen molar-refractivity contribution >= 4 is 17.7 Å². The topological polar surface area (TPSA) is 93.1 Å². The van der Waals surface area contributed by atoms with Crippen molar-refractivity contribution in [2.45, 2.75) is 25.9 Å². The summed E-state index contributed by atoms with van der Waals surface area (Å²) in [6.45, 7) is 2.45. The van der Waals surface area contributed by atoms with E-state index in [2.05, 4.69) is 0 Å². The maximum atomic E-state index is 12.5. The molecule has 7 heteroatoms. The molecule has 0 aliphatic carbocycles. The van der Waals surface area contributed by atoms with E-state index in [0.717, 1.165) is 0 Å². The van der Waals surface area contributed by atoms with Gasteiger partial charge in [-0.15, -0.1) is 0 Å². The van der Waals surface area contributed by atoms with Gasteiger partial charge < -0.3 is 19.5 Å². The normalized spacial score (nSPS) is 17.4. The Bertz CT molecular complexity index is 642. The lowest BCUT2D eigenvalue weighted by atomic mass is 10.0. The van der Waals surface area contributed by atoms with E-state index in [4.69, 9.17) is 14.6 Å². The molecule has 130 valence electrons. The van der Waals surface area contributed by atoms with Crippen LogP contribution in [0.5, 0.6) is 5.75 Å². The van der Waals surface area contributed by atoms with Crippen molar-refractivity contribution in [3.05, 3.63) is 29.3 Å². The van der Waals surface area contributed by atoms with Crippen molar-refractivity contribution in [3.8, 4) is 5.75 Å². The zero-order valence-corrected chi connectivity index (χ0v) is 13.8. The highest BCUT2D eigenvalue weighted by Gasteiger charge is 2.26.